The summed E-state index contributed by atoms with van der Waals surface area (Å²) in [4.78, 5) is 30.4. The minimum absolute atomic E-state index is 0.174. The van der Waals surface area contributed by atoms with Crippen LogP contribution in [-0.2, 0) is 0 Å². The summed E-state index contributed by atoms with van der Waals surface area (Å²) in [7, 11) is 0. The van der Waals surface area contributed by atoms with Gasteiger partial charge in [0.2, 0.25) is 6.79 Å². The fourth-order valence-corrected chi connectivity index (χ4v) is 4.71. The summed E-state index contributed by atoms with van der Waals surface area (Å²) in [6.07, 6.45) is 2.37. The highest BCUT2D eigenvalue weighted by atomic mass is 35.5. The van der Waals surface area contributed by atoms with Gasteiger partial charge in [0.15, 0.2) is 11.5 Å². The number of amides is 3. The van der Waals surface area contributed by atoms with Crippen molar-refractivity contribution < 1.29 is 19.1 Å². The predicted octanol–water partition coefficient (Wildman–Crippen LogP) is 5.76. The number of hydrogen-bond donors (Lipinski definition) is 2. The van der Waals surface area contributed by atoms with Crippen LogP contribution in [-0.4, -0.2) is 49.8 Å². The molecule has 2 aliphatic rings. The van der Waals surface area contributed by atoms with Gasteiger partial charge in [0, 0.05) is 46.8 Å². The standard InChI is InChI=1S/C28H29ClN4O4/c1-19-16-20(27(34)30-23-9-11-25-26(17-23)37-18-36-25)4-10-24(19)33(15-14-32-12-2-3-13-32)28(35)31-22-7-5-21(29)6-8-22/h4-11,16-17H,2-3,12-15,18H2,1H3,(H,30,34)(H,31,35). The minimum atomic E-state index is -0.247. The van der Waals surface area contributed by atoms with Gasteiger partial charge in [-0.3, -0.25) is 9.69 Å². The molecular formula is C28H29ClN4O4. The van der Waals surface area contributed by atoms with Gasteiger partial charge in [0.25, 0.3) is 5.91 Å². The molecule has 0 atom stereocenters. The molecule has 0 aliphatic carbocycles. The number of fused-ring (bicyclic) bond motifs is 1. The summed E-state index contributed by atoms with van der Waals surface area (Å²) >= 11 is 5.99. The Hall–Kier alpha value is -3.75. The van der Waals surface area contributed by atoms with E-state index >= 15 is 0 Å². The number of halogens is 1. The first-order valence-corrected chi connectivity index (χ1v) is 12.7. The molecule has 5 rings (SSSR count). The molecule has 9 heteroatoms. The monoisotopic (exact) mass is 520 g/mol. The van der Waals surface area contributed by atoms with Crippen molar-refractivity contribution in [3.8, 4) is 11.5 Å². The quantitative estimate of drug-likeness (QED) is 0.413. The molecular weight excluding hydrogens is 492 g/mol. The molecule has 0 aromatic heterocycles. The Morgan fingerprint density at radius 2 is 1.65 bits per heavy atom. The molecule has 2 aliphatic heterocycles. The number of urea groups is 1. The Labute approximate surface area is 221 Å². The number of likely N-dealkylation sites (tertiary alicyclic amines) is 1. The second-order valence-corrected chi connectivity index (χ2v) is 9.60. The number of aryl methyl sites for hydroxylation is 1. The predicted molar refractivity (Wildman–Crippen MR) is 145 cm³/mol. The van der Waals surface area contributed by atoms with Gasteiger partial charge in [-0.2, -0.15) is 0 Å². The maximum absolute atomic E-state index is 13.4. The lowest BCUT2D eigenvalue weighted by Gasteiger charge is -2.27. The second-order valence-electron chi connectivity index (χ2n) is 9.16. The topological polar surface area (TPSA) is 83.1 Å². The van der Waals surface area contributed by atoms with Crippen molar-refractivity contribution in [2.24, 2.45) is 0 Å². The van der Waals surface area contributed by atoms with Crippen LogP contribution in [0.5, 0.6) is 11.5 Å². The Morgan fingerprint density at radius 3 is 2.41 bits per heavy atom. The number of anilines is 3. The molecule has 192 valence electrons. The van der Waals surface area contributed by atoms with Crippen LogP contribution in [0.4, 0.5) is 21.9 Å². The SMILES string of the molecule is Cc1cc(C(=O)Nc2ccc3c(c2)OCO3)ccc1N(CCN1CCCC1)C(=O)Nc1ccc(Cl)cc1. The fourth-order valence-electron chi connectivity index (χ4n) is 4.58. The van der Waals surface area contributed by atoms with Gasteiger partial charge < -0.3 is 25.0 Å². The van der Waals surface area contributed by atoms with Crippen molar-refractivity contribution in [2.45, 2.75) is 19.8 Å². The van der Waals surface area contributed by atoms with Crippen molar-refractivity contribution in [1.29, 1.82) is 0 Å². The van der Waals surface area contributed by atoms with Gasteiger partial charge in [-0.05, 0) is 93.0 Å². The van der Waals surface area contributed by atoms with E-state index in [1.807, 2.05) is 13.0 Å². The molecule has 3 amide bonds. The Balaban J connectivity index is 1.33. The highest BCUT2D eigenvalue weighted by Crippen LogP contribution is 2.34. The maximum Gasteiger partial charge on any atom is 0.326 e. The van der Waals surface area contributed by atoms with Crippen molar-refractivity contribution in [1.82, 2.24) is 4.90 Å². The number of carbonyl (C=O) groups excluding carboxylic acids is 2. The van der Waals surface area contributed by atoms with E-state index in [0.717, 1.165) is 30.9 Å². The zero-order chi connectivity index (χ0) is 25.8. The third kappa shape index (κ3) is 5.98. The summed E-state index contributed by atoms with van der Waals surface area (Å²) < 4.78 is 10.7. The Kier molecular flexibility index (Phi) is 7.48. The largest absolute Gasteiger partial charge is 0.454 e. The average Bonchev–Trinajstić information content (AvgIpc) is 3.58. The van der Waals surface area contributed by atoms with E-state index in [-0.39, 0.29) is 18.7 Å². The van der Waals surface area contributed by atoms with Gasteiger partial charge >= 0.3 is 6.03 Å². The van der Waals surface area contributed by atoms with E-state index in [2.05, 4.69) is 15.5 Å². The summed E-state index contributed by atoms with van der Waals surface area (Å²) in [5, 5.41) is 6.48. The minimum Gasteiger partial charge on any atom is -0.454 e. The normalized spacial score (nSPS) is 14.4. The highest BCUT2D eigenvalue weighted by molar-refractivity contribution is 6.30. The molecule has 2 N–H and O–H groups in total. The number of ether oxygens (including phenoxy) is 2. The number of nitrogens with one attached hydrogen (secondary N) is 2. The van der Waals surface area contributed by atoms with Crippen LogP contribution < -0.4 is 25.0 Å². The first-order valence-electron chi connectivity index (χ1n) is 12.3. The summed E-state index contributed by atoms with van der Waals surface area (Å²) in [5.41, 5.74) is 3.36. The van der Waals surface area contributed by atoms with E-state index in [4.69, 9.17) is 21.1 Å². The lowest BCUT2D eigenvalue weighted by molar-refractivity contribution is 0.102. The summed E-state index contributed by atoms with van der Waals surface area (Å²) in [6, 6.07) is 17.4. The summed E-state index contributed by atoms with van der Waals surface area (Å²) in [5.74, 6) is 1.01. The van der Waals surface area contributed by atoms with Crippen molar-refractivity contribution in [3.63, 3.8) is 0 Å². The van der Waals surface area contributed by atoms with Crippen LogP contribution in [0.1, 0.15) is 28.8 Å². The molecule has 37 heavy (non-hydrogen) atoms. The van der Waals surface area contributed by atoms with Crippen molar-refractivity contribution >= 4 is 40.6 Å². The third-order valence-corrected chi connectivity index (χ3v) is 6.81. The average molecular weight is 521 g/mol. The van der Waals surface area contributed by atoms with Crippen LogP contribution in [0.15, 0.2) is 60.7 Å². The molecule has 2 heterocycles. The molecule has 8 nitrogen and oxygen atoms in total. The number of hydrogen-bond acceptors (Lipinski definition) is 5. The van der Waals surface area contributed by atoms with Gasteiger partial charge in [0.05, 0.1) is 0 Å². The molecule has 0 radical (unpaired) electrons. The van der Waals surface area contributed by atoms with Gasteiger partial charge in [0.1, 0.15) is 0 Å². The first kappa shape index (κ1) is 24.9. The molecule has 3 aromatic carbocycles. The van der Waals surface area contributed by atoms with E-state index < -0.39 is 0 Å². The van der Waals surface area contributed by atoms with Crippen LogP contribution in [0.25, 0.3) is 0 Å². The Morgan fingerprint density at radius 1 is 0.919 bits per heavy atom. The second kappa shape index (κ2) is 11.1. The molecule has 1 fully saturated rings. The molecule has 0 bridgehead atoms. The molecule has 0 spiro atoms. The lowest BCUT2D eigenvalue weighted by atomic mass is 10.1. The first-order chi connectivity index (χ1) is 18.0. The van der Waals surface area contributed by atoms with Crippen LogP contribution in [0, 0.1) is 6.92 Å². The van der Waals surface area contributed by atoms with E-state index in [1.54, 1.807) is 59.5 Å². The number of benzene rings is 3. The number of rotatable bonds is 7. The molecule has 0 saturated carbocycles. The third-order valence-electron chi connectivity index (χ3n) is 6.56. The Bertz CT molecular complexity index is 1290. The zero-order valence-corrected chi connectivity index (χ0v) is 21.4. The lowest BCUT2D eigenvalue weighted by Crippen LogP contribution is -2.41. The van der Waals surface area contributed by atoms with E-state index in [1.165, 1.54) is 12.8 Å². The van der Waals surface area contributed by atoms with Crippen molar-refractivity contribution in [2.75, 3.05) is 48.5 Å². The maximum atomic E-state index is 13.4. The summed E-state index contributed by atoms with van der Waals surface area (Å²) in [6.45, 7) is 5.48. The van der Waals surface area contributed by atoms with E-state index in [0.29, 0.717) is 40.0 Å². The highest BCUT2D eigenvalue weighted by Gasteiger charge is 2.22. The molecule has 0 unspecified atom stereocenters. The number of nitrogens with zero attached hydrogens (tertiary/aromatic N) is 2. The molecule has 3 aromatic rings. The van der Waals surface area contributed by atoms with Crippen molar-refractivity contribution in [3.05, 3.63) is 76.8 Å². The van der Waals surface area contributed by atoms with Gasteiger partial charge in [-0.15, -0.1) is 0 Å². The fraction of sp³-hybridized carbons (Fsp3) is 0.286. The molecule has 1 saturated heterocycles. The van der Waals surface area contributed by atoms with Gasteiger partial charge in [-0.25, -0.2) is 4.79 Å². The van der Waals surface area contributed by atoms with Crippen LogP contribution in [0.3, 0.4) is 0 Å². The zero-order valence-electron chi connectivity index (χ0n) is 20.6. The van der Waals surface area contributed by atoms with E-state index in [9.17, 15) is 9.59 Å². The van der Waals surface area contributed by atoms with Crippen LogP contribution in [0.2, 0.25) is 5.02 Å². The smallest absolute Gasteiger partial charge is 0.326 e. The number of carbonyl (C=O) groups is 2. The van der Waals surface area contributed by atoms with Crippen LogP contribution >= 0.6 is 11.6 Å². The van der Waals surface area contributed by atoms with Gasteiger partial charge in [-0.1, -0.05) is 11.6 Å².